The molecular weight excluding hydrogens is 240 g/mol. The number of rotatable bonds is 2. The molecule has 92 valence electrons. The normalized spacial score (nSPS) is 16.4. The van der Waals surface area contributed by atoms with Crippen LogP contribution in [0.1, 0.15) is 42.4 Å². The fraction of sp³-hybridized carbons (Fsp3) is 0.462. The van der Waals surface area contributed by atoms with Crippen molar-refractivity contribution in [2.24, 2.45) is 0 Å². The molecule has 0 amide bonds. The zero-order chi connectivity index (χ0) is 12.6. The summed E-state index contributed by atoms with van der Waals surface area (Å²) in [5.74, 6) is -1.76. The number of halogens is 1. The number of aryl methyl sites for hydroxylation is 1. The first-order chi connectivity index (χ1) is 8.02. The highest BCUT2D eigenvalue weighted by Gasteiger charge is 2.24. The van der Waals surface area contributed by atoms with Crippen LogP contribution in [-0.4, -0.2) is 16.2 Å². The molecule has 0 aliphatic heterocycles. The van der Waals surface area contributed by atoms with Gasteiger partial charge in [0, 0.05) is 5.56 Å². The minimum absolute atomic E-state index is 0.0674. The van der Waals surface area contributed by atoms with E-state index in [4.69, 9.17) is 16.7 Å². The molecule has 0 heterocycles. The molecule has 1 atom stereocenters. The predicted molar refractivity (Wildman–Crippen MR) is 65.8 cm³/mol. The molecule has 1 unspecified atom stereocenters. The van der Waals surface area contributed by atoms with E-state index in [2.05, 4.69) is 0 Å². The van der Waals surface area contributed by atoms with Gasteiger partial charge in [-0.15, -0.1) is 0 Å². The summed E-state index contributed by atoms with van der Waals surface area (Å²) >= 11 is 6.12. The van der Waals surface area contributed by atoms with Crippen molar-refractivity contribution in [3.8, 4) is 5.75 Å². The molecule has 4 heteroatoms. The van der Waals surface area contributed by atoms with E-state index in [1.807, 2.05) is 0 Å². The Kier molecular flexibility index (Phi) is 3.29. The van der Waals surface area contributed by atoms with Gasteiger partial charge in [-0.05, 0) is 43.7 Å². The molecule has 1 aliphatic rings. The number of carboxylic acids is 1. The number of carbonyl (C=O) groups is 1. The Hall–Kier alpha value is -1.22. The second kappa shape index (κ2) is 4.57. The second-order valence-electron chi connectivity index (χ2n) is 4.53. The van der Waals surface area contributed by atoms with Crippen LogP contribution in [0.25, 0.3) is 0 Å². The lowest BCUT2D eigenvalue weighted by molar-refractivity contribution is -0.138. The Morgan fingerprint density at radius 1 is 1.41 bits per heavy atom. The summed E-state index contributed by atoms with van der Waals surface area (Å²) in [6.45, 7) is 1.56. The average molecular weight is 255 g/mol. The van der Waals surface area contributed by atoms with Crippen molar-refractivity contribution in [3.63, 3.8) is 0 Å². The van der Waals surface area contributed by atoms with Gasteiger partial charge in [-0.1, -0.05) is 17.7 Å². The molecule has 0 aromatic heterocycles. The van der Waals surface area contributed by atoms with Crippen molar-refractivity contribution in [2.75, 3.05) is 0 Å². The molecule has 1 aromatic carbocycles. The van der Waals surface area contributed by atoms with Crippen LogP contribution >= 0.6 is 11.6 Å². The van der Waals surface area contributed by atoms with Crippen LogP contribution in [-0.2, 0) is 17.6 Å². The number of benzene rings is 1. The van der Waals surface area contributed by atoms with Crippen molar-refractivity contribution < 1.29 is 15.0 Å². The fourth-order valence-corrected chi connectivity index (χ4v) is 2.65. The average Bonchev–Trinajstić information content (AvgIpc) is 2.33. The molecule has 0 fully saturated rings. The Bertz CT molecular complexity index is 468. The minimum Gasteiger partial charge on any atom is -0.506 e. The Morgan fingerprint density at radius 3 is 2.71 bits per heavy atom. The van der Waals surface area contributed by atoms with E-state index < -0.39 is 11.9 Å². The van der Waals surface area contributed by atoms with Gasteiger partial charge in [0.2, 0.25) is 0 Å². The summed E-state index contributed by atoms with van der Waals surface area (Å²) in [6.07, 6.45) is 3.94. The third-order valence-electron chi connectivity index (χ3n) is 3.42. The van der Waals surface area contributed by atoms with E-state index in [-0.39, 0.29) is 5.75 Å². The Morgan fingerprint density at radius 2 is 2.06 bits per heavy atom. The Balaban J connectivity index is 2.55. The molecule has 0 saturated heterocycles. The van der Waals surface area contributed by atoms with Gasteiger partial charge in [0.25, 0.3) is 0 Å². The number of phenols is 1. The SMILES string of the molecule is CC(C(=O)O)c1cc2c(c(Cl)c1O)CCCC2. The van der Waals surface area contributed by atoms with Crippen LogP contribution < -0.4 is 0 Å². The molecule has 2 rings (SSSR count). The summed E-state index contributed by atoms with van der Waals surface area (Å²) in [5.41, 5.74) is 2.49. The standard InChI is InChI=1S/C13H15ClO3/c1-7(13(16)17)10-6-8-4-2-3-5-9(8)11(14)12(10)15/h6-7,15H,2-5H2,1H3,(H,16,17). The quantitative estimate of drug-likeness (QED) is 0.853. The lowest BCUT2D eigenvalue weighted by atomic mass is 9.87. The zero-order valence-corrected chi connectivity index (χ0v) is 10.4. The first kappa shape index (κ1) is 12.2. The van der Waals surface area contributed by atoms with Crippen molar-refractivity contribution in [2.45, 2.75) is 38.5 Å². The number of aliphatic carboxylic acids is 1. The molecule has 0 bridgehead atoms. The first-order valence-corrected chi connectivity index (χ1v) is 6.16. The van der Waals surface area contributed by atoms with E-state index in [1.165, 1.54) is 0 Å². The summed E-state index contributed by atoms with van der Waals surface area (Å²) in [5, 5.41) is 19.3. The lowest BCUT2D eigenvalue weighted by Gasteiger charge is -2.21. The van der Waals surface area contributed by atoms with Gasteiger partial charge in [-0.25, -0.2) is 0 Å². The minimum atomic E-state index is -0.952. The maximum absolute atomic E-state index is 11.0. The van der Waals surface area contributed by atoms with Crippen molar-refractivity contribution in [1.29, 1.82) is 0 Å². The summed E-state index contributed by atoms with van der Waals surface area (Å²) in [7, 11) is 0. The van der Waals surface area contributed by atoms with Crippen LogP contribution in [0.15, 0.2) is 6.07 Å². The highest BCUT2D eigenvalue weighted by molar-refractivity contribution is 6.33. The van der Waals surface area contributed by atoms with Crippen LogP contribution in [0.4, 0.5) is 0 Å². The van der Waals surface area contributed by atoms with Crippen LogP contribution in [0.2, 0.25) is 5.02 Å². The van der Waals surface area contributed by atoms with Gasteiger partial charge >= 0.3 is 5.97 Å². The van der Waals surface area contributed by atoms with Gasteiger partial charge < -0.3 is 10.2 Å². The van der Waals surface area contributed by atoms with Gasteiger partial charge in [0.15, 0.2) is 0 Å². The summed E-state index contributed by atoms with van der Waals surface area (Å²) < 4.78 is 0. The number of fused-ring (bicyclic) bond motifs is 1. The van der Waals surface area contributed by atoms with Crippen LogP contribution in [0.5, 0.6) is 5.75 Å². The fourth-order valence-electron chi connectivity index (χ4n) is 2.33. The van der Waals surface area contributed by atoms with Gasteiger partial charge in [-0.3, -0.25) is 4.79 Å². The smallest absolute Gasteiger partial charge is 0.310 e. The van der Waals surface area contributed by atoms with Crippen LogP contribution in [0.3, 0.4) is 0 Å². The molecule has 1 aromatic rings. The van der Waals surface area contributed by atoms with Crippen molar-refractivity contribution in [3.05, 3.63) is 27.8 Å². The maximum atomic E-state index is 11.0. The van der Waals surface area contributed by atoms with E-state index in [0.29, 0.717) is 10.6 Å². The van der Waals surface area contributed by atoms with Gasteiger partial charge in [0.1, 0.15) is 5.75 Å². The maximum Gasteiger partial charge on any atom is 0.310 e. The number of aromatic hydroxyl groups is 1. The molecule has 0 spiro atoms. The third-order valence-corrected chi connectivity index (χ3v) is 3.83. The highest BCUT2D eigenvalue weighted by atomic mass is 35.5. The lowest BCUT2D eigenvalue weighted by Crippen LogP contribution is -2.11. The number of carboxylic acid groups (broad SMARTS) is 1. The van der Waals surface area contributed by atoms with E-state index in [9.17, 15) is 9.90 Å². The van der Waals surface area contributed by atoms with Gasteiger partial charge in [-0.2, -0.15) is 0 Å². The zero-order valence-electron chi connectivity index (χ0n) is 9.66. The van der Waals surface area contributed by atoms with Crippen molar-refractivity contribution >= 4 is 17.6 Å². The van der Waals surface area contributed by atoms with E-state index in [1.54, 1.807) is 13.0 Å². The number of hydrogen-bond donors (Lipinski definition) is 2. The van der Waals surface area contributed by atoms with Crippen molar-refractivity contribution in [1.82, 2.24) is 0 Å². The number of phenolic OH excluding ortho intramolecular Hbond substituents is 1. The largest absolute Gasteiger partial charge is 0.506 e. The number of hydrogen-bond acceptors (Lipinski definition) is 2. The molecular formula is C13H15ClO3. The summed E-state index contributed by atoms with van der Waals surface area (Å²) in [6, 6.07) is 1.80. The van der Waals surface area contributed by atoms with Crippen LogP contribution in [0, 0.1) is 0 Å². The molecule has 0 saturated carbocycles. The topological polar surface area (TPSA) is 57.5 Å². The predicted octanol–water partition coefficient (Wildman–Crippen LogP) is 3.11. The van der Waals surface area contributed by atoms with E-state index in [0.717, 1.165) is 36.8 Å². The van der Waals surface area contributed by atoms with E-state index >= 15 is 0 Å². The third kappa shape index (κ3) is 2.12. The summed E-state index contributed by atoms with van der Waals surface area (Å²) in [4.78, 5) is 11.0. The molecule has 0 radical (unpaired) electrons. The van der Waals surface area contributed by atoms with Gasteiger partial charge in [0.05, 0.1) is 10.9 Å². The molecule has 17 heavy (non-hydrogen) atoms. The highest BCUT2D eigenvalue weighted by Crippen LogP contribution is 2.40. The second-order valence-corrected chi connectivity index (χ2v) is 4.91. The molecule has 3 nitrogen and oxygen atoms in total. The first-order valence-electron chi connectivity index (χ1n) is 5.78. The molecule has 2 N–H and O–H groups in total. The molecule has 1 aliphatic carbocycles. The monoisotopic (exact) mass is 254 g/mol. The Labute approximate surface area is 105 Å².